The smallest absolute Gasteiger partial charge is 0.408 e. The molecule has 256 valence electrons. The van der Waals surface area contributed by atoms with Crippen LogP contribution in [0.15, 0.2) is 42.5 Å². The van der Waals surface area contributed by atoms with Gasteiger partial charge >= 0.3 is 12.1 Å². The van der Waals surface area contributed by atoms with Gasteiger partial charge in [-0.2, -0.15) is 0 Å². The van der Waals surface area contributed by atoms with Crippen LogP contribution in [0.4, 0.5) is 4.79 Å². The van der Waals surface area contributed by atoms with Gasteiger partial charge in [0.2, 0.25) is 17.7 Å². The summed E-state index contributed by atoms with van der Waals surface area (Å²) in [5.74, 6) is -2.28. The summed E-state index contributed by atoms with van der Waals surface area (Å²) < 4.78 is 10.1. The first kappa shape index (κ1) is 38.3. The number of hydrogen-bond acceptors (Lipinski definition) is 7. The Morgan fingerprint density at radius 2 is 1.65 bits per heavy atom. The van der Waals surface area contributed by atoms with Gasteiger partial charge in [-0.1, -0.05) is 77.1 Å². The molecule has 1 saturated heterocycles. The highest BCUT2D eigenvalue weighted by atomic mass is 16.6. The van der Waals surface area contributed by atoms with Gasteiger partial charge in [-0.15, -0.1) is 0 Å². The molecule has 2 rings (SSSR count). The SMILES string of the molecule is COC(=O)CNC(=O)[C@@H](NC(=O)[C@H]1C[C@H](C)CN1C(=O)[C@H](/C=C/[C@H](CC(C)C)NC(=O)OC(C)(C)C)Cc1ccccc1)C(C)C. The average Bonchev–Trinajstić information content (AvgIpc) is 3.36. The summed E-state index contributed by atoms with van der Waals surface area (Å²) in [7, 11) is 1.23. The van der Waals surface area contributed by atoms with E-state index in [0.29, 0.717) is 25.8 Å². The van der Waals surface area contributed by atoms with Crippen molar-refractivity contribution in [2.75, 3.05) is 20.2 Å². The molecular formula is C35H54N4O7. The number of nitrogens with zero attached hydrogens (tertiary/aromatic N) is 1. The van der Waals surface area contributed by atoms with E-state index >= 15 is 0 Å². The van der Waals surface area contributed by atoms with Crippen molar-refractivity contribution in [1.29, 1.82) is 0 Å². The molecule has 1 aliphatic rings. The molecule has 0 radical (unpaired) electrons. The van der Waals surface area contributed by atoms with Gasteiger partial charge in [0, 0.05) is 6.54 Å². The van der Waals surface area contributed by atoms with E-state index in [1.807, 2.05) is 49.4 Å². The number of rotatable bonds is 14. The van der Waals surface area contributed by atoms with Crippen LogP contribution in [0.1, 0.15) is 73.8 Å². The Hall–Kier alpha value is -3.89. The molecule has 0 saturated carbocycles. The highest BCUT2D eigenvalue weighted by Gasteiger charge is 2.41. The second kappa shape index (κ2) is 17.7. The van der Waals surface area contributed by atoms with E-state index in [9.17, 15) is 24.0 Å². The molecule has 5 atom stereocenters. The van der Waals surface area contributed by atoms with Crippen molar-refractivity contribution in [2.24, 2.45) is 23.7 Å². The molecule has 1 aromatic rings. The molecule has 0 spiro atoms. The molecular weight excluding hydrogens is 588 g/mol. The zero-order chi connectivity index (χ0) is 34.6. The molecule has 11 nitrogen and oxygen atoms in total. The molecule has 1 fully saturated rings. The van der Waals surface area contributed by atoms with Gasteiger partial charge in [0.15, 0.2) is 0 Å². The summed E-state index contributed by atoms with van der Waals surface area (Å²) >= 11 is 0. The van der Waals surface area contributed by atoms with Crippen LogP contribution in [0.2, 0.25) is 0 Å². The molecule has 4 amide bonds. The number of alkyl carbamates (subject to hydrolysis) is 1. The maximum atomic E-state index is 14.3. The second-order valence-electron chi connectivity index (χ2n) is 13.9. The van der Waals surface area contributed by atoms with Gasteiger partial charge < -0.3 is 30.3 Å². The van der Waals surface area contributed by atoms with Crippen LogP contribution in [0.5, 0.6) is 0 Å². The summed E-state index contributed by atoms with van der Waals surface area (Å²) in [4.78, 5) is 66.6. The third-order valence-corrected chi connectivity index (χ3v) is 7.60. The third kappa shape index (κ3) is 12.8. The summed E-state index contributed by atoms with van der Waals surface area (Å²) in [6, 6.07) is 7.61. The summed E-state index contributed by atoms with van der Waals surface area (Å²) in [5, 5.41) is 8.26. The number of methoxy groups -OCH3 is 1. The normalized spacial score (nSPS) is 18.6. The molecule has 1 aromatic carbocycles. The molecule has 0 aromatic heterocycles. The minimum atomic E-state index is -0.902. The Bertz CT molecular complexity index is 1210. The number of carbonyl (C=O) groups excluding carboxylic acids is 5. The Kier molecular flexibility index (Phi) is 14.7. The van der Waals surface area contributed by atoms with Crippen LogP contribution in [0.3, 0.4) is 0 Å². The fraction of sp³-hybridized carbons (Fsp3) is 0.629. The Balaban J connectivity index is 2.33. The molecule has 0 aliphatic carbocycles. The Morgan fingerprint density at radius 1 is 1.00 bits per heavy atom. The maximum absolute atomic E-state index is 14.3. The Labute approximate surface area is 274 Å². The molecule has 1 aliphatic heterocycles. The number of nitrogens with one attached hydrogen (secondary N) is 3. The number of esters is 1. The number of carbonyl (C=O) groups is 5. The van der Waals surface area contributed by atoms with Crippen molar-refractivity contribution in [3.05, 3.63) is 48.0 Å². The molecule has 0 unspecified atom stereocenters. The fourth-order valence-electron chi connectivity index (χ4n) is 5.40. The van der Waals surface area contributed by atoms with Crippen LogP contribution >= 0.6 is 0 Å². The van der Waals surface area contributed by atoms with E-state index in [1.165, 1.54) is 7.11 Å². The molecule has 11 heteroatoms. The fourth-order valence-corrected chi connectivity index (χ4v) is 5.40. The standard InChI is InChI=1S/C35H54N4O7/c1-22(2)17-27(37-34(44)46-35(6,7)8)16-15-26(19-25-13-11-10-12-14-25)33(43)39-21-24(5)18-28(39)31(41)38-30(23(3)4)32(42)36-20-29(40)45-9/h10-16,22-24,26-28,30H,17-21H2,1-9H3,(H,36,42)(H,37,44)(H,38,41)/b16-15+/t24-,26+,27+,28+,30-/m0/s1. The average molecular weight is 643 g/mol. The van der Waals surface area contributed by atoms with Gasteiger partial charge in [0.05, 0.1) is 19.1 Å². The monoisotopic (exact) mass is 642 g/mol. The van der Waals surface area contributed by atoms with Gasteiger partial charge in [-0.25, -0.2) is 4.79 Å². The van der Waals surface area contributed by atoms with Gasteiger partial charge in [-0.05, 0) is 63.4 Å². The minimum absolute atomic E-state index is 0.0641. The zero-order valence-electron chi connectivity index (χ0n) is 28.9. The largest absolute Gasteiger partial charge is 0.468 e. The van der Waals surface area contributed by atoms with Crippen molar-refractivity contribution >= 4 is 29.8 Å². The first-order valence-corrected chi connectivity index (χ1v) is 16.2. The summed E-state index contributed by atoms with van der Waals surface area (Å²) in [6.45, 7) is 15.2. The van der Waals surface area contributed by atoms with Crippen molar-refractivity contribution < 1.29 is 33.4 Å². The lowest BCUT2D eigenvalue weighted by molar-refractivity contribution is -0.143. The van der Waals surface area contributed by atoms with Crippen molar-refractivity contribution in [3.8, 4) is 0 Å². The van der Waals surface area contributed by atoms with E-state index < -0.39 is 47.5 Å². The van der Waals surface area contributed by atoms with E-state index in [2.05, 4.69) is 34.5 Å². The predicted octanol–water partition coefficient (Wildman–Crippen LogP) is 4.01. The van der Waals surface area contributed by atoms with E-state index in [0.717, 1.165) is 5.56 Å². The van der Waals surface area contributed by atoms with E-state index in [4.69, 9.17) is 4.74 Å². The number of hydrogen-bond donors (Lipinski definition) is 3. The minimum Gasteiger partial charge on any atom is -0.468 e. The number of benzene rings is 1. The first-order valence-electron chi connectivity index (χ1n) is 16.2. The summed E-state index contributed by atoms with van der Waals surface area (Å²) in [5.41, 5.74) is 0.307. The lowest BCUT2D eigenvalue weighted by atomic mass is 9.94. The van der Waals surface area contributed by atoms with Crippen LogP contribution in [0, 0.1) is 23.7 Å². The summed E-state index contributed by atoms with van der Waals surface area (Å²) in [6.07, 6.45) is 4.64. The molecule has 0 bridgehead atoms. The number of ether oxygens (including phenoxy) is 2. The van der Waals surface area contributed by atoms with Crippen molar-refractivity contribution in [2.45, 2.75) is 98.4 Å². The third-order valence-electron chi connectivity index (χ3n) is 7.60. The Morgan fingerprint density at radius 3 is 2.22 bits per heavy atom. The zero-order valence-corrected chi connectivity index (χ0v) is 28.9. The second-order valence-corrected chi connectivity index (χ2v) is 13.9. The van der Waals surface area contributed by atoms with Crippen molar-refractivity contribution in [1.82, 2.24) is 20.9 Å². The quantitative estimate of drug-likeness (QED) is 0.206. The van der Waals surface area contributed by atoms with Crippen molar-refractivity contribution in [3.63, 3.8) is 0 Å². The topological polar surface area (TPSA) is 143 Å². The van der Waals surface area contributed by atoms with E-state index in [-0.39, 0.29) is 36.2 Å². The van der Waals surface area contributed by atoms with Crippen LogP contribution < -0.4 is 16.0 Å². The van der Waals surface area contributed by atoms with Crippen LogP contribution in [-0.2, 0) is 35.1 Å². The highest BCUT2D eigenvalue weighted by molar-refractivity contribution is 5.94. The van der Waals surface area contributed by atoms with E-state index in [1.54, 1.807) is 39.5 Å². The predicted molar refractivity (Wildman–Crippen MR) is 176 cm³/mol. The number of amides is 4. The molecule has 1 heterocycles. The highest BCUT2D eigenvalue weighted by Crippen LogP contribution is 2.27. The molecule has 46 heavy (non-hydrogen) atoms. The molecule has 3 N–H and O–H groups in total. The maximum Gasteiger partial charge on any atom is 0.408 e. The lowest BCUT2D eigenvalue weighted by Gasteiger charge is -2.30. The first-order chi connectivity index (χ1) is 21.5. The number of likely N-dealkylation sites (tertiary alicyclic amines) is 1. The van der Waals surface area contributed by atoms with Crippen LogP contribution in [-0.4, -0.2) is 78.6 Å². The lowest BCUT2D eigenvalue weighted by Crippen LogP contribution is -2.55. The van der Waals surface area contributed by atoms with Gasteiger partial charge in [0.25, 0.3) is 0 Å². The van der Waals surface area contributed by atoms with Crippen LogP contribution in [0.25, 0.3) is 0 Å². The van der Waals surface area contributed by atoms with Gasteiger partial charge in [-0.3, -0.25) is 19.2 Å². The van der Waals surface area contributed by atoms with Gasteiger partial charge in [0.1, 0.15) is 24.2 Å².